The van der Waals surface area contributed by atoms with E-state index in [1.807, 2.05) is 32.9 Å². The van der Waals surface area contributed by atoms with Gasteiger partial charge in [-0.3, -0.25) is 9.10 Å². The van der Waals surface area contributed by atoms with Crippen LogP contribution in [-0.2, 0) is 14.8 Å². The summed E-state index contributed by atoms with van der Waals surface area (Å²) in [5.41, 5.74) is 2.63. The van der Waals surface area contributed by atoms with Crippen molar-refractivity contribution in [2.45, 2.75) is 52.1 Å². The second-order valence-electron chi connectivity index (χ2n) is 7.34. The molecule has 26 heavy (non-hydrogen) atoms. The molecule has 1 aliphatic heterocycles. The van der Waals surface area contributed by atoms with Crippen LogP contribution in [-0.4, -0.2) is 57.7 Å². The fourth-order valence-electron chi connectivity index (χ4n) is 3.37. The Bertz CT molecular complexity index is 740. The molecule has 0 unspecified atom stereocenters. The van der Waals surface area contributed by atoms with Crippen molar-refractivity contribution in [3.05, 3.63) is 29.3 Å². The lowest BCUT2D eigenvalue weighted by molar-refractivity contribution is -0.123. The Labute approximate surface area is 157 Å². The number of hydrogen-bond donors (Lipinski definition) is 1. The Hall–Kier alpha value is -1.60. The molecule has 0 spiro atoms. The topological polar surface area (TPSA) is 69.7 Å². The highest BCUT2D eigenvalue weighted by atomic mass is 32.2. The van der Waals surface area contributed by atoms with Crippen LogP contribution in [0.1, 0.15) is 37.3 Å². The first-order valence-corrected chi connectivity index (χ1v) is 11.0. The number of nitrogens with one attached hydrogen (secondary N) is 1. The van der Waals surface area contributed by atoms with Crippen LogP contribution < -0.4 is 9.62 Å². The molecule has 1 fully saturated rings. The van der Waals surface area contributed by atoms with Crippen molar-refractivity contribution in [1.82, 2.24) is 10.2 Å². The van der Waals surface area contributed by atoms with Crippen LogP contribution in [0, 0.1) is 13.8 Å². The highest BCUT2D eigenvalue weighted by molar-refractivity contribution is 7.92. The Kier molecular flexibility index (Phi) is 6.69. The van der Waals surface area contributed by atoms with E-state index in [4.69, 9.17) is 0 Å². The number of aryl methyl sites for hydroxylation is 2. The number of piperidine rings is 1. The number of nitrogens with zero attached hydrogens (tertiary/aromatic N) is 2. The van der Waals surface area contributed by atoms with E-state index in [2.05, 4.69) is 17.3 Å². The summed E-state index contributed by atoms with van der Waals surface area (Å²) < 4.78 is 26.3. The zero-order valence-corrected chi connectivity index (χ0v) is 17.3. The molecule has 146 valence electrons. The van der Waals surface area contributed by atoms with Crippen molar-refractivity contribution in [3.8, 4) is 0 Å². The van der Waals surface area contributed by atoms with Crippen molar-refractivity contribution in [1.29, 1.82) is 0 Å². The molecule has 7 heteroatoms. The van der Waals surface area contributed by atoms with Crippen molar-refractivity contribution >= 4 is 21.6 Å². The molecule has 0 aliphatic carbocycles. The Morgan fingerprint density at radius 3 is 2.38 bits per heavy atom. The largest absolute Gasteiger partial charge is 0.351 e. The number of sulfonamides is 1. The van der Waals surface area contributed by atoms with Gasteiger partial charge in [0.2, 0.25) is 15.9 Å². The molecule has 0 bridgehead atoms. The molecule has 1 N–H and O–H groups in total. The minimum Gasteiger partial charge on any atom is -0.351 e. The third-order valence-corrected chi connectivity index (χ3v) is 6.32. The molecule has 0 radical (unpaired) electrons. The summed E-state index contributed by atoms with van der Waals surface area (Å²) in [7, 11) is -1.52. The number of carbonyl (C=O) groups excluding carboxylic acids is 1. The molecular formula is C19H31N3O3S. The normalized spacial score (nSPS) is 17.7. The summed E-state index contributed by atoms with van der Waals surface area (Å²) in [6.07, 6.45) is 3.36. The van der Waals surface area contributed by atoms with E-state index < -0.39 is 16.1 Å². The van der Waals surface area contributed by atoms with Gasteiger partial charge in [-0.2, -0.15) is 0 Å². The maximum atomic E-state index is 12.9. The monoisotopic (exact) mass is 381 g/mol. The van der Waals surface area contributed by atoms with E-state index in [0.717, 1.165) is 43.3 Å². The minimum atomic E-state index is -3.59. The first-order chi connectivity index (χ1) is 12.1. The summed E-state index contributed by atoms with van der Waals surface area (Å²) in [6.45, 7) is 7.65. The van der Waals surface area contributed by atoms with E-state index in [1.54, 1.807) is 6.07 Å². The predicted molar refractivity (Wildman–Crippen MR) is 106 cm³/mol. The van der Waals surface area contributed by atoms with Crippen LogP contribution in [0.2, 0.25) is 0 Å². The van der Waals surface area contributed by atoms with Gasteiger partial charge < -0.3 is 10.2 Å². The number of hydrogen-bond acceptors (Lipinski definition) is 4. The molecule has 1 saturated heterocycles. The zero-order chi connectivity index (χ0) is 19.5. The number of anilines is 1. The Morgan fingerprint density at radius 1 is 1.27 bits per heavy atom. The Balaban J connectivity index is 2.26. The number of benzene rings is 1. The molecule has 1 amide bonds. The Morgan fingerprint density at radius 2 is 1.88 bits per heavy atom. The zero-order valence-electron chi connectivity index (χ0n) is 16.4. The van der Waals surface area contributed by atoms with Gasteiger partial charge in [-0.1, -0.05) is 13.0 Å². The summed E-state index contributed by atoms with van der Waals surface area (Å²) in [5.74, 6) is -0.217. The predicted octanol–water partition coefficient (Wildman–Crippen LogP) is 2.06. The average Bonchev–Trinajstić information content (AvgIpc) is 2.56. The molecule has 1 heterocycles. The SMILES string of the molecule is CC[C@H](C(=O)NC1CCN(C)CC1)N(c1ccc(C)c(C)c1)S(C)(=O)=O. The van der Waals surface area contributed by atoms with Crippen LogP contribution in [0.5, 0.6) is 0 Å². The molecule has 2 rings (SSSR count). The molecule has 1 aromatic rings. The van der Waals surface area contributed by atoms with E-state index in [-0.39, 0.29) is 11.9 Å². The van der Waals surface area contributed by atoms with Crippen LogP contribution in [0.3, 0.4) is 0 Å². The fraction of sp³-hybridized carbons (Fsp3) is 0.632. The number of carbonyl (C=O) groups is 1. The first kappa shape index (κ1) is 20.7. The molecular weight excluding hydrogens is 350 g/mol. The summed E-state index contributed by atoms with van der Waals surface area (Å²) in [5, 5.41) is 3.07. The van der Waals surface area contributed by atoms with Gasteiger partial charge >= 0.3 is 0 Å². The van der Waals surface area contributed by atoms with Crippen LogP contribution in [0.15, 0.2) is 18.2 Å². The van der Waals surface area contributed by atoms with Crippen LogP contribution >= 0.6 is 0 Å². The van der Waals surface area contributed by atoms with Gasteiger partial charge in [0, 0.05) is 6.04 Å². The van der Waals surface area contributed by atoms with Gasteiger partial charge in [0.1, 0.15) is 6.04 Å². The summed E-state index contributed by atoms with van der Waals surface area (Å²) in [6, 6.07) is 4.86. The van der Waals surface area contributed by atoms with E-state index >= 15 is 0 Å². The molecule has 1 atom stereocenters. The van der Waals surface area contributed by atoms with Gasteiger partial charge in [0.25, 0.3) is 0 Å². The van der Waals surface area contributed by atoms with Crippen molar-refractivity contribution in [2.75, 3.05) is 30.7 Å². The van der Waals surface area contributed by atoms with Crippen molar-refractivity contribution in [3.63, 3.8) is 0 Å². The van der Waals surface area contributed by atoms with Crippen LogP contribution in [0.4, 0.5) is 5.69 Å². The first-order valence-electron chi connectivity index (χ1n) is 9.19. The van der Waals surface area contributed by atoms with Gasteiger partial charge in [0.15, 0.2) is 0 Å². The maximum Gasteiger partial charge on any atom is 0.244 e. The highest BCUT2D eigenvalue weighted by Gasteiger charge is 2.33. The van der Waals surface area contributed by atoms with E-state index in [9.17, 15) is 13.2 Å². The van der Waals surface area contributed by atoms with Crippen molar-refractivity contribution < 1.29 is 13.2 Å². The average molecular weight is 382 g/mol. The summed E-state index contributed by atoms with van der Waals surface area (Å²) in [4.78, 5) is 15.1. The van der Waals surface area contributed by atoms with Crippen LogP contribution in [0.25, 0.3) is 0 Å². The molecule has 1 aromatic carbocycles. The van der Waals surface area contributed by atoms with Gasteiger partial charge in [-0.15, -0.1) is 0 Å². The second-order valence-corrected chi connectivity index (χ2v) is 9.20. The molecule has 0 saturated carbocycles. The summed E-state index contributed by atoms with van der Waals surface area (Å²) >= 11 is 0. The number of likely N-dealkylation sites (tertiary alicyclic amines) is 1. The smallest absolute Gasteiger partial charge is 0.244 e. The second kappa shape index (κ2) is 8.39. The third kappa shape index (κ3) is 4.98. The lowest BCUT2D eigenvalue weighted by atomic mass is 10.0. The number of rotatable bonds is 6. The number of amides is 1. The van der Waals surface area contributed by atoms with E-state index in [1.165, 1.54) is 4.31 Å². The lowest BCUT2D eigenvalue weighted by Crippen LogP contribution is -2.53. The molecule has 1 aliphatic rings. The fourth-order valence-corrected chi connectivity index (χ4v) is 4.58. The molecule has 6 nitrogen and oxygen atoms in total. The minimum absolute atomic E-state index is 0.105. The molecule has 0 aromatic heterocycles. The quantitative estimate of drug-likeness (QED) is 0.819. The third-order valence-electron chi connectivity index (χ3n) is 5.14. The van der Waals surface area contributed by atoms with Gasteiger partial charge in [0.05, 0.1) is 11.9 Å². The van der Waals surface area contributed by atoms with Gasteiger partial charge in [-0.25, -0.2) is 8.42 Å². The highest BCUT2D eigenvalue weighted by Crippen LogP contribution is 2.25. The van der Waals surface area contributed by atoms with Gasteiger partial charge in [-0.05, 0) is 76.5 Å². The lowest BCUT2D eigenvalue weighted by Gasteiger charge is -2.34. The maximum absolute atomic E-state index is 12.9. The standard InChI is InChI=1S/C19H31N3O3S/c1-6-18(19(23)20-16-9-11-21(4)12-10-16)22(26(5,24)25)17-8-7-14(2)15(3)13-17/h7-8,13,16,18H,6,9-12H2,1-5H3,(H,20,23)/t18-/m1/s1. The van der Waals surface area contributed by atoms with Crippen molar-refractivity contribution in [2.24, 2.45) is 0 Å². The van der Waals surface area contributed by atoms with E-state index in [0.29, 0.717) is 12.1 Å².